The number of piperazine rings is 1. The SMILES string of the molecule is CCc1c(F)ccc2cc(O)cc(-c3nc4c5c(nc(OCC6(CN7CCC[C@@H]7COC(=O)N(C)C)CC6)nc5c3F)N3C[C@@H]5CC[C@@H](N5)[C@@H]3CO4)c12. The van der Waals surface area contributed by atoms with Crippen LogP contribution in [0.2, 0.25) is 0 Å². The fourth-order valence-electron chi connectivity index (χ4n) is 8.95. The molecule has 1 aliphatic carbocycles. The summed E-state index contributed by atoms with van der Waals surface area (Å²) in [4.78, 5) is 32.6. The van der Waals surface area contributed by atoms with Gasteiger partial charge in [-0.1, -0.05) is 13.0 Å². The Kier molecular flexibility index (Phi) is 8.45. The topological polar surface area (TPSA) is 125 Å². The predicted molar refractivity (Wildman–Crippen MR) is 195 cm³/mol. The number of phenols is 1. The van der Waals surface area contributed by atoms with Crippen molar-refractivity contribution in [3.05, 3.63) is 41.5 Å². The standard InChI is InChI=1S/C39H45F2N7O5/c1-4-25-27(40)9-7-21-14-24(49)15-26(30(21)25)33-32(41)34-31-35(48-16-22-8-10-28(42-22)29(48)18-51-36(31)43-33)45-37(44-34)53-20-39(11-12-39)19-47-13-5-6-23(47)17-52-38(50)46(2)3/h7,9,14-15,22-23,28-29,42,49H,4-6,8,10-13,16-20H2,1-3H3/t22-,23+,28+,29-/m0/s1. The number of amides is 1. The van der Waals surface area contributed by atoms with Crippen LogP contribution in [0.25, 0.3) is 32.9 Å². The first kappa shape index (κ1) is 34.2. The summed E-state index contributed by atoms with van der Waals surface area (Å²) in [5.74, 6) is -0.489. The zero-order chi connectivity index (χ0) is 36.6. The molecule has 2 aromatic carbocycles. The Morgan fingerprint density at radius 2 is 1.98 bits per heavy atom. The van der Waals surface area contributed by atoms with Crippen molar-refractivity contribution in [2.75, 3.05) is 58.5 Å². The number of aryl methyl sites for hydroxylation is 1. The number of halogens is 2. The highest BCUT2D eigenvalue weighted by molar-refractivity contribution is 6.03. The number of nitrogens with one attached hydrogen (secondary N) is 1. The molecule has 4 aliphatic heterocycles. The first-order chi connectivity index (χ1) is 25.6. The Hall–Kier alpha value is -4.56. The van der Waals surface area contributed by atoms with E-state index in [0.29, 0.717) is 60.3 Å². The molecular weight excluding hydrogens is 684 g/mol. The molecule has 1 amide bonds. The molecule has 12 nitrogen and oxygen atoms in total. The summed E-state index contributed by atoms with van der Waals surface area (Å²) < 4.78 is 50.8. The van der Waals surface area contributed by atoms with Crippen LogP contribution in [0.4, 0.5) is 19.4 Å². The minimum atomic E-state index is -0.719. The number of carbonyl (C=O) groups excluding carboxylic acids is 1. The zero-order valence-electron chi connectivity index (χ0n) is 30.3. The minimum absolute atomic E-state index is 0.00892. The summed E-state index contributed by atoms with van der Waals surface area (Å²) >= 11 is 0. The van der Waals surface area contributed by atoms with Gasteiger partial charge in [0.05, 0.1) is 12.6 Å². The van der Waals surface area contributed by atoms with Crippen molar-refractivity contribution in [3.8, 4) is 28.9 Å². The monoisotopic (exact) mass is 729 g/mol. The molecule has 4 aromatic rings. The summed E-state index contributed by atoms with van der Waals surface area (Å²) in [6.07, 6.45) is 5.97. The molecule has 0 spiro atoms. The van der Waals surface area contributed by atoms with Crippen LogP contribution in [-0.4, -0.2) is 114 Å². The van der Waals surface area contributed by atoms with Gasteiger partial charge in [-0.3, -0.25) is 4.90 Å². The van der Waals surface area contributed by atoms with E-state index in [1.165, 1.54) is 17.0 Å². The second-order valence-corrected chi connectivity index (χ2v) is 15.7. The highest BCUT2D eigenvalue weighted by Crippen LogP contribution is 2.49. The number of benzene rings is 2. The van der Waals surface area contributed by atoms with Crippen molar-refractivity contribution in [3.63, 3.8) is 0 Å². The van der Waals surface area contributed by atoms with E-state index in [4.69, 9.17) is 29.2 Å². The number of phenolic OH excluding ortho intramolecular Hbond substituents is 1. The Labute approximate surface area is 306 Å². The maximum atomic E-state index is 17.2. The van der Waals surface area contributed by atoms with E-state index in [0.717, 1.165) is 51.6 Å². The fourth-order valence-corrected chi connectivity index (χ4v) is 8.95. The molecule has 280 valence electrons. The number of anilines is 1. The molecule has 1 saturated carbocycles. The highest BCUT2D eigenvalue weighted by Gasteiger charge is 2.48. The number of likely N-dealkylation sites (tertiary alicyclic amines) is 1. The summed E-state index contributed by atoms with van der Waals surface area (Å²) in [5, 5.41) is 15.9. The van der Waals surface area contributed by atoms with Gasteiger partial charge in [0.25, 0.3) is 0 Å². The van der Waals surface area contributed by atoms with Gasteiger partial charge in [-0.2, -0.15) is 9.97 Å². The van der Waals surface area contributed by atoms with E-state index >= 15 is 8.78 Å². The average molecular weight is 730 g/mol. The number of nitrogens with zero attached hydrogens (tertiary/aromatic N) is 6. The van der Waals surface area contributed by atoms with Crippen molar-refractivity contribution in [2.45, 2.75) is 76.0 Å². The highest BCUT2D eigenvalue weighted by atomic mass is 19.1. The maximum Gasteiger partial charge on any atom is 0.409 e. The van der Waals surface area contributed by atoms with Crippen molar-refractivity contribution >= 4 is 33.6 Å². The summed E-state index contributed by atoms with van der Waals surface area (Å²) in [5.41, 5.74) is 0.471. The molecular formula is C39H45F2N7O5. The van der Waals surface area contributed by atoms with Crippen LogP contribution in [0, 0.1) is 17.0 Å². The second-order valence-electron chi connectivity index (χ2n) is 15.7. The molecule has 3 saturated heterocycles. The molecule has 2 bridgehead atoms. The smallest absolute Gasteiger partial charge is 0.409 e. The van der Waals surface area contributed by atoms with Crippen molar-refractivity contribution in [2.24, 2.45) is 5.41 Å². The second kappa shape index (κ2) is 13.1. The largest absolute Gasteiger partial charge is 0.508 e. The minimum Gasteiger partial charge on any atom is -0.508 e. The molecule has 2 aromatic heterocycles. The lowest BCUT2D eigenvalue weighted by Gasteiger charge is -2.40. The Bertz CT molecular complexity index is 2110. The van der Waals surface area contributed by atoms with Gasteiger partial charge in [-0.05, 0) is 86.0 Å². The van der Waals surface area contributed by atoms with Crippen LogP contribution >= 0.6 is 0 Å². The molecule has 2 N–H and O–H groups in total. The summed E-state index contributed by atoms with van der Waals surface area (Å²) in [6.45, 7) is 5.24. The third-order valence-electron chi connectivity index (χ3n) is 12.0. The number of ether oxygens (including phenoxy) is 3. The number of pyridine rings is 1. The van der Waals surface area contributed by atoms with E-state index in [9.17, 15) is 9.90 Å². The Morgan fingerprint density at radius 3 is 2.77 bits per heavy atom. The zero-order valence-corrected chi connectivity index (χ0v) is 30.3. The van der Waals surface area contributed by atoms with Gasteiger partial charge >= 0.3 is 12.1 Å². The number of hydrogen-bond donors (Lipinski definition) is 2. The molecule has 5 aliphatic rings. The summed E-state index contributed by atoms with van der Waals surface area (Å²) in [6, 6.07) is 6.52. The number of fused-ring (bicyclic) bond motifs is 6. The van der Waals surface area contributed by atoms with Crippen LogP contribution in [0.1, 0.15) is 51.0 Å². The third kappa shape index (κ3) is 6.03. The molecule has 6 heterocycles. The Morgan fingerprint density at radius 1 is 1.13 bits per heavy atom. The van der Waals surface area contributed by atoms with Crippen LogP contribution in [0.5, 0.6) is 17.6 Å². The maximum absolute atomic E-state index is 17.2. The van der Waals surface area contributed by atoms with Crippen molar-refractivity contribution in [1.82, 2.24) is 30.1 Å². The van der Waals surface area contributed by atoms with E-state index in [1.54, 1.807) is 26.2 Å². The van der Waals surface area contributed by atoms with E-state index in [1.807, 2.05) is 6.92 Å². The molecule has 9 rings (SSSR count). The van der Waals surface area contributed by atoms with Gasteiger partial charge < -0.3 is 34.4 Å². The van der Waals surface area contributed by atoms with Crippen molar-refractivity contribution in [1.29, 1.82) is 0 Å². The van der Waals surface area contributed by atoms with E-state index < -0.39 is 11.6 Å². The lowest BCUT2D eigenvalue weighted by atomic mass is 9.94. The van der Waals surface area contributed by atoms with E-state index in [2.05, 4.69) is 15.1 Å². The molecule has 0 unspecified atom stereocenters. The lowest BCUT2D eigenvalue weighted by molar-refractivity contribution is 0.0748. The van der Waals surface area contributed by atoms with Crippen LogP contribution in [0.15, 0.2) is 24.3 Å². The molecule has 4 atom stereocenters. The van der Waals surface area contributed by atoms with Gasteiger partial charge in [-0.15, -0.1) is 0 Å². The molecule has 4 fully saturated rings. The Balaban J connectivity index is 1.10. The quantitative estimate of drug-likeness (QED) is 0.230. The van der Waals surface area contributed by atoms with Crippen molar-refractivity contribution < 1.29 is 32.9 Å². The average Bonchev–Trinajstić information content (AvgIpc) is 3.65. The number of aromatic hydroxyl groups is 1. The fraction of sp³-hybridized carbons (Fsp3) is 0.538. The van der Waals surface area contributed by atoms with Crippen LogP contribution < -0.4 is 19.7 Å². The van der Waals surface area contributed by atoms with Crippen LogP contribution in [0.3, 0.4) is 0 Å². The third-order valence-corrected chi connectivity index (χ3v) is 12.0. The van der Waals surface area contributed by atoms with Gasteiger partial charge in [0.15, 0.2) is 5.82 Å². The van der Waals surface area contributed by atoms with Gasteiger partial charge in [0, 0.05) is 56.3 Å². The van der Waals surface area contributed by atoms with E-state index in [-0.39, 0.29) is 70.1 Å². The van der Waals surface area contributed by atoms with Crippen LogP contribution in [-0.2, 0) is 11.2 Å². The first-order valence-corrected chi connectivity index (χ1v) is 18.8. The van der Waals surface area contributed by atoms with Gasteiger partial charge in [-0.25, -0.2) is 18.6 Å². The van der Waals surface area contributed by atoms with Gasteiger partial charge in [0.1, 0.15) is 47.2 Å². The normalized spacial score (nSPS) is 24.2. The molecule has 53 heavy (non-hydrogen) atoms. The number of rotatable bonds is 9. The number of hydrogen-bond acceptors (Lipinski definition) is 11. The molecule has 0 radical (unpaired) electrons. The summed E-state index contributed by atoms with van der Waals surface area (Å²) in [7, 11) is 3.36. The number of aromatic nitrogens is 3. The number of carbonyl (C=O) groups is 1. The lowest BCUT2D eigenvalue weighted by Crippen LogP contribution is -2.60. The first-order valence-electron chi connectivity index (χ1n) is 18.8. The predicted octanol–water partition coefficient (Wildman–Crippen LogP) is 5.41. The van der Waals surface area contributed by atoms with Gasteiger partial charge in [0.2, 0.25) is 5.88 Å². The molecule has 14 heteroatoms.